The zero-order chi connectivity index (χ0) is 16.1. The van der Waals surface area contributed by atoms with Crippen LogP contribution in [0.4, 0.5) is 15.0 Å². The number of piperazine rings is 1. The Morgan fingerprint density at radius 3 is 2.74 bits per heavy atom. The topological polar surface area (TPSA) is 91.9 Å². The van der Waals surface area contributed by atoms with Crippen molar-refractivity contribution >= 4 is 11.9 Å². The van der Waals surface area contributed by atoms with Crippen molar-refractivity contribution in [3.05, 3.63) is 17.6 Å². The van der Waals surface area contributed by atoms with Crippen molar-refractivity contribution in [1.82, 2.24) is 9.88 Å². The van der Waals surface area contributed by atoms with Crippen LogP contribution < -0.4 is 15.4 Å². The Morgan fingerprint density at radius 1 is 1.39 bits per heavy atom. The third-order valence-corrected chi connectivity index (χ3v) is 4.97. The van der Waals surface area contributed by atoms with Gasteiger partial charge in [0, 0.05) is 25.2 Å². The van der Waals surface area contributed by atoms with E-state index < -0.39 is 12.0 Å². The number of nitrogens with two attached hydrogens (primary N) is 1. The number of fused-ring (bicyclic) bond motifs is 3. The first kappa shape index (κ1) is 14.5. The Kier molecular flexibility index (Phi) is 3.29. The lowest BCUT2D eigenvalue weighted by Crippen LogP contribution is -2.55. The standard InChI is InChI=1S/C15H19FN4O3/c16-14-11-3-8(17)7-23-12(11)4-13(18-14)19-5-9-1-2-10(6-19)20(9)15(21)22/h4,8-10H,1-3,5-7,17H2,(H,21,22). The van der Waals surface area contributed by atoms with Gasteiger partial charge in [0.05, 0.1) is 17.6 Å². The smallest absolute Gasteiger partial charge is 0.407 e. The largest absolute Gasteiger partial charge is 0.491 e. The summed E-state index contributed by atoms with van der Waals surface area (Å²) in [7, 11) is 0. The van der Waals surface area contributed by atoms with Crippen molar-refractivity contribution in [2.24, 2.45) is 5.73 Å². The third kappa shape index (κ3) is 2.37. The number of halogens is 1. The number of hydrogen-bond donors (Lipinski definition) is 2. The summed E-state index contributed by atoms with van der Waals surface area (Å²) in [6.45, 7) is 1.44. The molecule has 0 radical (unpaired) electrons. The second-order valence-electron chi connectivity index (χ2n) is 6.50. The molecule has 7 nitrogen and oxygen atoms in total. The minimum Gasteiger partial charge on any atom is -0.491 e. The van der Waals surface area contributed by atoms with Gasteiger partial charge in [-0.3, -0.25) is 4.90 Å². The summed E-state index contributed by atoms with van der Waals surface area (Å²) in [6, 6.07) is 1.43. The van der Waals surface area contributed by atoms with E-state index in [-0.39, 0.29) is 18.1 Å². The fourth-order valence-corrected chi connectivity index (χ4v) is 3.90. The molecule has 0 aliphatic carbocycles. The first-order valence-corrected chi connectivity index (χ1v) is 7.87. The normalized spacial score (nSPS) is 29.2. The summed E-state index contributed by atoms with van der Waals surface area (Å²) < 4.78 is 19.8. The van der Waals surface area contributed by atoms with E-state index in [9.17, 15) is 14.3 Å². The number of pyridine rings is 1. The van der Waals surface area contributed by atoms with Gasteiger partial charge < -0.3 is 20.5 Å². The molecule has 2 saturated heterocycles. The van der Waals surface area contributed by atoms with E-state index >= 15 is 0 Å². The Hall–Kier alpha value is -2.09. The van der Waals surface area contributed by atoms with Gasteiger partial charge in [-0.05, 0) is 19.3 Å². The Labute approximate surface area is 132 Å². The number of carbonyl (C=O) groups is 1. The van der Waals surface area contributed by atoms with E-state index in [0.717, 1.165) is 12.8 Å². The molecule has 3 aliphatic heterocycles. The third-order valence-electron chi connectivity index (χ3n) is 4.97. The number of nitrogens with zero attached hydrogens (tertiary/aromatic N) is 3. The van der Waals surface area contributed by atoms with Crippen molar-refractivity contribution < 1.29 is 19.0 Å². The van der Waals surface area contributed by atoms with Crippen LogP contribution in [0.2, 0.25) is 0 Å². The summed E-state index contributed by atoms with van der Waals surface area (Å²) in [5, 5.41) is 9.30. The molecule has 0 saturated carbocycles. The van der Waals surface area contributed by atoms with Crippen molar-refractivity contribution in [2.45, 2.75) is 37.4 Å². The van der Waals surface area contributed by atoms with Crippen molar-refractivity contribution in [2.75, 3.05) is 24.6 Å². The van der Waals surface area contributed by atoms with Crippen LogP contribution in [-0.2, 0) is 6.42 Å². The van der Waals surface area contributed by atoms with E-state index in [4.69, 9.17) is 10.5 Å². The van der Waals surface area contributed by atoms with Gasteiger partial charge in [-0.1, -0.05) is 0 Å². The molecular weight excluding hydrogens is 303 g/mol. The Morgan fingerprint density at radius 2 is 2.09 bits per heavy atom. The summed E-state index contributed by atoms with van der Waals surface area (Å²) in [6.07, 6.45) is 1.23. The van der Waals surface area contributed by atoms with Crippen LogP contribution in [0.15, 0.2) is 6.07 Å². The lowest BCUT2D eigenvalue weighted by atomic mass is 10.0. The van der Waals surface area contributed by atoms with Crippen molar-refractivity contribution in [1.29, 1.82) is 0 Å². The van der Waals surface area contributed by atoms with Crippen molar-refractivity contribution in [3.63, 3.8) is 0 Å². The van der Waals surface area contributed by atoms with E-state index in [1.165, 1.54) is 4.90 Å². The minimum absolute atomic E-state index is 0.0542. The van der Waals surface area contributed by atoms with Crippen LogP contribution in [0.3, 0.4) is 0 Å². The molecule has 0 aromatic carbocycles. The number of rotatable bonds is 1. The number of carboxylic acid groups (broad SMARTS) is 1. The van der Waals surface area contributed by atoms with E-state index in [2.05, 4.69) is 4.98 Å². The molecule has 1 aromatic heterocycles. The number of ether oxygens (including phenoxy) is 1. The number of hydrogen-bond acceptors (Lipinski definition) is 5. The Bertz CT molecular complexity index is 642. The molecule has 4 heterocycles. The highest BCUT2D eigenvalue weighted by Crippen LogP contribution is 2.35. The molecule has 124 valence electrons. The van der Waals surface area contributed by atoms with Gasteiger partial charge in [-0.25, -0.2) is 9.78 Å². The Balaban J connectivity index is 1.60. The highest BCUT2D eigenvalue weighted by molar-refractivity contribution is 5.67. The molecule has 23 heavy (non-hydrogen) atoms. The molecule has 2 bridgehead atoms. The van der Waals surface area contributed by atoms with Gasteiger partial charge in [0.25, 0.3) is 0 Å². The van der Waals surface area contributed by atoms with Gasteiger partial charge in [-0.15, -0.1) is 0 Å². The first-order chi connectivity index (χ1) is 11.0. The van der Waals surface area contributed by atoms with Crippen LogP contribution in [0.25, 0.3) is 0 Å². The summed E-state index contributed by atoms with van der Waals surface area (Å²) in [5.74, 6) is 0.474. The molecule has 8 heteroatoms. The van der Waals surface area contributed by atoms with Crippen LogP contribution in [-0.4, -0.2) is 58.9 Å². The highest BCUT2D eigenvalue weighted by Gasteiger charge is 2.43. The predicted molar refractivity (Wildman–Crippen MR) is 80.3 cm³/mol. The average Bonchev–Trinajstić information content (AvgIpc) is 2.79. The number of aromatic nitrogens is 1. The average molecular weight is 322 g/mol. The fourth-order valence-electron chi connectivity index (χ4n) is 3.90. The lowest BCUT2D eigenvalue weighted by Gasteiger charge is -2.40. The molecule has 3 N–H and O–H groups in total. The maximum Gasteiger partial charge on any atom is 0.407 e. The maximum atomic E-state index is 14.3. The quantitative estimate of drug-likeness (QED) is 0.744. The van der Waals surface area contributed by atoms with E-state index in [1.54, 1.807) is 6.07 Å². The lowest BCUT2D eigenvalue weighted by molar-refractivity contribution is 0.114. The fraction of sp³-hybridized carbons (Fsp3) is 0.600. The second-order valence-corrected chi connectivity index (χ2v) is 6.50. The number of anilines is 1. The van der Waals surface area contributed by atoms with E-state index in [0.29, 0.717) is 43.2 Å². The van der Waals surface area contributed by atoms with Crippen LogP contribution >= 0.6 is 0 Å². The molecule has 4 rings (SSSR count). The van der Waals surface area contributed by atoms with Gasteiger partial charge in [0.2, 0.25) is 5.95 Å². The van der Waals surface area contributed by atoms with E-state index in [1.807, 2.05) is 4.90 Å². The zero-order valence-electron chi connectivity index (χ0n) is 12.6. The maximum absolute atomic E-state index is 14.3. The molecule has 3 unspecified atom stereocenters. The van der Waals surface area contributed by atoms with Crippen LogP contribution in [0.5, 0.6) is 5.75 Å². The molecule has 2 fully saturated rings. The van der Waals surface area contributed by atoms with Crippen molar-refractivity contribution in [3.8, 4) is 5.75 Å². The predicted octanol–water partition coefficient (Wildman–Crippen LogP) is 0.814. The summed E-state index contributed by atoms with van der Waals surface area (Å²) in [4.78, 5) is 18.9. The second kappa shape index (κ2) is 5.23. The molecular formula is C15H19FN4O3. The first-order valence-electron chi connectivity index (χ1n) is 7.87. The molecule has 1 amide bonds. The minimum atomic E-state index is -0.876. The van der Waals surface area contributed by atoms with Gasteiger partial charge in [0.15, 0.2) is 0 Å². The summed E-state index contributed by atoms with van der Waals surface area (Å²) >= 11 is 0. The van der Waals surface area contributed by atoms with Crippen LogP contribution in [0.1, 0.15) is 18.4 Å². The van der Waals surface area contributed by atoms with Gasteiger partial charge in [-0.2, -0.15) is 4.39 Å². The van der Waals surface area contributed by atoms with Crippen LogP contribution in [0, 0.1) is 5.95 Å². The molecule has 3 aliphatic rings. The monoisotopic (exact) mass is 322 g/mol. The number of amides is 1. The molecule has 0 spiro atoms. The molecule has 3 atom stereocenters. The van der Waals surface area contributed by atoms with Gasteiger partial charge >= 0.3 is 6.09 Å². The SMILES string of the molecule is NC1COc2cc(N3CC4CCC(C3)N4C(=O)O)nc(F)c2C1. The highest BCUT2D eigenvalue weighted by atomic mass is 19.1. The molecule has 1 aromatic rings. The van der Waals surface area contributed by atoms with Gasteiger partial charge in [0.1, 0.15) is 18.2 Å². The summed E-state index contributed by atoms with van der Waals surface area (Å²) in [5.41, 5.74) is 6.23. The zero-order valence-corrected chi connectivity index (χ0v) is 12.6.